The van der Waals surface area contributed by atoms with Crippen molar-refractivity contribution in [3.05, 3.63) is 99.6 Å². The molecule has 0 bridgehead atoms. The zero-order valence-electron chi connectivity index (χ0n) is 16.6. The zero-order chi connectivity index (χ0) is 20.1. The molecule has 0 spiro atoms. The number of nitrogens with one attached hydrogen (secondary N) is 1. The lowest BCUT2D eigenvalue weighted by atomic mass is 9.96. The van der Waals surface area contributed by atoms with Crippen molar-refractivity contribution in [2.75, 3.05) is 5.32 Å². The first-order valence-electron chi connectivity index (χ1n) is 9.67. The molecule has 1 unspecified atom stereocenters. The molecule has 0 amide bonds. The molecule has 0 saturated heterocycles. The second-order valence-corrected chi connectivity index (χ2v) is 7.66. The van der Waals surface area contributed by atoms with Crippen LogP contribution in [0.4, 0.5) is 5.69 Å². The van der Waals surface area contributed by atoms with Crippen LogP contribution in [-0.2, 0) is 6.42 Å². The van der Waals surface area contributed by atoms with Gasteiger partial charge >= 0.3 is 0 Å². The van der Waals surface area contributed by atoms with Gasteiger partial charge in [0.2, 0.25) is 0 Å². The SMILES string of the molecule is CCc1ccc(C(=O)CC(Nc2ccc(C)c(C)c2)c2ccc(Cl)cc2)cc1. The van der Waals surface area contributed by atoms with Crippen LogP contribution in [0.2, 0.25) is 5.02 Å². The average molecular weight is 392 g/mol. The van der Waals surface area contributed by atoms with Gasteiger partial charge in [-0.25, -0.2) is 0 Å². The van der Waals surface area contributed by atoms with E-state index < -0.39 is 0 Å². The lowest BCUT2D eigenvalue weighted by Crippen LogP contribution is -2.16. The molecule has 28 heavy (non-hydrogen) atoms. The second kappa shape index (κ2) is 9.07. The number of carbonyl (C=O) groups is 1. The van der Waals surface area contributed by atoms with Crippen molar-refractivity contribution in [1.82, 2.24) is 0 Å². The molecule has 2 nitrogen and oxygen atoms in total. The molecular formula is C25H26ClNO. The van der Waals surface area contributed by atoms with Gasteiger partial charge in [0.05, 0.1) is 6.04 Å². The maximum Gasteiger partial charge on any atom is 0.165 e. The summed E-state index contributed by atoms with van der Waals surface area (Å²) in [7, 11) is 0. The molecule has 3 aromatic carbocycles. The largest absolute Gasteiger partial charge is 0.378 e. The van der Waals surface area contributed by atoms with E-state index in [1.807, 2.05) is 48.5 Å². The number of halogens is 1. The Kier molecular flexibility index (Phi) is 6.53. The van der Waals surface area contributed by atoms with Crippen molar-refractivity contribution < 1.29 is 4.79 Å². The first-order valence-corrected chi connectivity index (χ1v) is 10.1. The topological polar surface area (TPSA) is 29.1 Å². The van der Waals surface area contributed by atoms with Gasteiger partial charge in [-0.05, 0) is 66.8 Å². The minimum atomic E-state index is -0.127. The Morgan fingerprint density at radius 1 is 0.929 bits per heavy atom. The number of Topliss-reactive ketones (excluding diaryl/α,β-unsaturated/α-hetero) is 1. The molecule has 0 heterocycles. The summed E-state index contributed by atoms with van der Waals surface area (Å²) in [5.74, 6) is 0.124. The third-order valence-corrected chi connectivity index (χ3v) is 5.45. The van der Waals surface area contributed by atoms with Crippen molar-refractivity contribution in [1.29, 1.82) is 0 Å². The number of ketones is 1. The zero-order valence-corrected chi connectivity index (χ0v) is 17.4. The molecule has 0 fully saturated rings. The van der Waals surface area contributed by atoms with E-state index in [0.29, 0.717) is 11.4 Å². The van der Waals surface area contributed by atoms with Crippen LogP contribution in [-0.4, -0.2) is 5.78 Å². The van der Waals surface area contributed by atoms with E-state index >= 15 is 0 Å². The highest BCUT2D eigenvalue weighted by atomic mass is 35.5. The first kappa shape index (κ1) is 20.2. The van der Waals surface area contributed by atoms with E-state index in [9.17, 15) is 4.79 Å². The summed E-state index contributed by atoms with van der Waals surface area (Å²) in [6, 6.07) is 21.8. The maximum atomic E-state index is 12.9. The van der Waals surface area contributed by atoms with Gasteiger partial charge in [0.1, 0.15) is 0 Å². The van der Waals surface area contributed by atoms with Crippen LogP contribution in [0.3, 0.4) is 0 Å². The highest BCUT2D eigenvalue weighted by Crippen LogP contribution is 2.27. The van der Waals surface area contributed by atoms with Crippen LogP contribution < -0.4 is 5.32 Å². The predicted octanol–water partition coefficient (Wildman–Crippen LogP) is 6.95. The van der Waals surface area contributed by atoms with Gasteiger partial charge in [-0.1, -0.05) is 61.0 Å². The minimum absolute atomic E-state index is 0.124. The molecule has 0 aliphatic carbocycles. The van der Waals surface area contributed by atoms with E-state index in [1.54, 1.807) is 0 Å². The number of benzene rings is 3. The Bertz CT molecular complexity index is 945. The molecule has 3 heteroatoms. The van der Waals surface area contributed by atoms with E-state index in [1.165, 1.54) is 16.7 Å². The van der Waals surface area contributed by atoms with Gasteiger partial charge in [-0.2, -0.15) is 0 Å². The predicted molar refractivity (Wildman–Crippen MR) is 118 cm³/mol. The second-order valence-electron chi connectivity index (χ2n) is 7.23. The molecule has 0 saturated carbocycles. The van der Waals surface area contributed by atoms with Crippen LogP contribution >= 0.6 is 11.6 Å². The standard InChI is InChI=1S/C25H26ClNO/c1-4-19-6-8-21(9-7-19)25(28)16-24(20-10-12-22(26)13-11-20)27-23-14-5-17(2)18(3)15-23/h5-15,24,27H,4,16H2,1-3H3. The fraction of sp³-hybridized carbons (Fsp3) is 0.240. The van der Waals surface area contributed by atoms with E-state index in [2.05, 4.69) is 44.3 Å². The summed E-state index contributed by atoms with van der Waals surface area (Å²) in [6.07, 6.45) is 1.34. The third-order valence-electron chi connectivity index (χ3n) is 5.19. The van der Waals surface area contributed by atoms with Crippen molar-refractivity contribution in [3.63, 3.8) is 0 Å². The van der Waals surface area contributed by atoms with E-state index in [-0.39, 0.29) is 11.8 Å². The maximum absolute atomic E-state index is 12.9. The van der Waals surface area contributed by atoms with Crippen molar-refractivity contribution >= 4 is 23.1 Å². The summed E-state index contributed by atoms with van der Waals surface area (Å²) >= 11 is 6.06. The van der Waals surface area contributed by atoms with Crippen LogP contribution in [0.1, 0.15) is 52.0 Å². The molecule has 3 aromatic rings. The number of rotatable bonds is 7. The number of hydrogen-bond donors (Lipinski definition) is 1. The minimum Gasteiger partial charge on any atom is -0.378 e. The lowest BCUT2D eigenvalue weighted by molar-refractivity contribution is 0.0976. The first-order chi connectivity index (χ1) is 13.5. The number of carbonyl (C=O) groups excluding carboxylic acids is 1. The summed E-state index contributed by atoms with van der Waals surface area (Å²) < 4.78 is 0. The number of aryl methyl sites for hydroxylation is 3. The molecule has 1 atom stereocenters. The highest BCUT2D eigenvalue weighted by molar-refractivity contribution is 6.30. The van der Waals surface area contributed by atoms with Crippen LogP contribution in [0.25, 0.3) is 0 Å². The Morgan fingerprint density at radius 2 is 1.61 bits per heavy atom. The van der Waals surface area contributed by atoms with Crippen molar-refractivity contribution in [2.24, 2.45) is 0 Å². The lowest BCUT2D eigenvalue weighted by Gasteiger charge is -2.21. The Morgan fingerprint density at radius 3 is 2.21 bits per heavy atom. The van der Waals surface area contributed by atoms with Gasteiger partial charge in [-0.15, -0.1) is 0 Å². The van der Waals surface area contributed by atoms with Crippen molar-refractivity contribution in [2.45, 2.75) is 39.7 Å². The van der Waals surface area contributed by atoms with Crippen LogP contribution in [0, 0.1) is 13.8 Å². The molecule has 0 radical (unpaired) electrons. The van der Waals surface area contributed by atoms with Crippen LogP contribution in [0.5, 0.6) is 0 Å². The van der Waals surface area contributed by atoms with Crippen molar-refractivity contribution in [3.8, 4) is 0 Å². The smallest absolute Gasteiger partial charge is 0.165 e. The van der Waals surface area contributed by atoms with Gasteiger partial charge in [0, 0.05) is 22.7 Å². The van der Waals surface area contributed by atoms with Gasteiger partial charge in [0.25, 0.3) is 0 Å². The summed E-state index contributed by atoms with van der Waals surface area (Å²) in [4.78, 5) is 12.9. The Labute approximate surface area is 172 Å². The van der Waals surface area contributed by atoms with E-state index in [0.717, 1.165) is 23.2 Å². The fourth-order valence-corrected chi connectivity index (χ4v) is 3.34. The van der Waals surface area contributed by atoms with Crippen LogP contribution in [0.15, 0.2) is 66.7 Å². The van der Waals surface area contributed by atoms with Gasteiger partial charge in [-0.3, -0.25) is 4.79 Å². The van der Waals surface area contributed by atoms with Gasteiger partial charge < -0.3 is 5.32 Å². The third kappa shape index (κ3) is 5.02. The van der Waals surface area contributed by atoms with E-state index in [4.69, 9.17) is 11.6 Å². The summed E-state index contributed by atoms with van der Waals surface area (Å²) in [5.41, 5.74) is 6.51. The summed E-state index contributed by atoms with van der Waals surface area (Å²) in [6.45, 7) is 6.30. The molecule has 0 aromatic heterocycles. The molecule has 144 valence electrons. The molecule has 1 N–H and O–H groups in total. The van der Waals surface area contributed by atoms with Gasteiger partial charge in [0.15, 0.2) is 5.78 Å². The fourth-order valence-electron chi connectivity index (χ4n) is 3.21. The number of anilines is 1. The molecule has 0 aliphatic heterocycles. The molecule has 0 aliphatic rings. The average Bonchev–Trinajstić information content (AvgIpc) is 2.71. The molecule has 3 rings (SSSR count). The summed E-state index contributed by atoms with van der Waals surface area (Å²) in [5, 5.41) is 4.23. The highest BCUT2D eigenvalue weighted by Gasteiger charge is 2.18. The normalized spacial score (nSPS) is 11.9. The quantitative estimate of drug-likeness (QED) is 0.441. The monoisotopic (exact) mass is 391 g/mol. The number of hydrogen-bond acceptors (Lipinski definition) is 2. The Balaban J connectivity index is 1.85. The Hall–Kier alpha value is -2.58. The molecular weight excluding hydrogens is 366 g/mol.